The van der Waals surface area contributed by atoms with E-state index in [1.165, 1.54) is 170 Å². The molecule has 0 fully saturated rings. The molecule has 0 nitrogen and oxygen atoms in total. The third-order valence-electron chi connectivity index (χ3n) is 17.0. The van der Waals surface area contributed by atoms with Crippen LogP contribution in [0.4, 0.5) is 0 Å². The van der Waals surface area contributed by atoms with Crippen LogP contribution in [0.25, 0.3) is 137 Å². The van der Waals surface area contributed by atoms with Crippen LogP contribution < -0.4 is 5.22 Å². The number of rotatable bonds is 2. The molecule has 0 saturated heterocycles. The largest absolute Gasteiger partial charge is 0.0750 e. The minimum absolute atomic E-state index is 0.000844. The van der Waals surface area contributed by atoms with Crippen LogP contribution in [0, 0.1) is 13.8 Å². The molecule has 0 radical (unpaired) electrons. The third kappa shape index (κ3) is 4.81. The Hall–Kier alpha value is -7.28. The highest BCUT2D eigenvalue weighted by atomic mass is 14.4. The predicted molar refractivity (Wildman–Crippen MR) is 294 cm³/mol. The van der Waals surface area contributed by atoms with Gasteiger partial charge in [0.05, 0.1) is 0 Å². The predicted octanol–water partition coefficient (Wildman–Crippen LogP) is 18.4. The van der Waals surface area contributed by atoms with Gasteiger partial charge in [-0.2, -0.15) is 0 Å². The fraction of sp³-hybridized carbons (Fsp3) is 0.176. The second kappa shape index (κ2) is 12.8. The Morgan fingerprint density at radius 3 is 1.43 bits per heavy atom. The molecule has 0 spiro atoms. The standard InChI is InChI=1S/C68H52/c1-35-15-9-11-17-40(35)59-56-33-52-53(55-32-39(68(6,7)8)30-37-29-38(67(3,4)5)31-54(52)58(37)55)34-57(56)60(41-18-12-10-16-36(41)2)66-51-28-26-49-47-24-22-45-43-20-14-13-19-42(43)44-21-23-46(62(47)61(44)45)48-25-27-50(65(59)66)64(51)63(48)49/h9-25,27-34,49H,26H2,1-8H3. The van der Waals surface area contributed by atoms with E-state index in [9.17, 15) is 0 Å². The van der Waals surface area contributed by atoms with Gasteiger partial charge in [-0.3, -0.25) is 0 Å². The molecule has 0 heterocycles. The topological polar surface area (TPSA) is 0 Å². The van der Waals surface area contributed by atoms with Crippen molar-refractivity contribution in [2.24, 2.45) is 0 Å². The lowest BCUT2D eigenvalue weighted by atomic mass is 9.72. The summed E-state index contributed by atoms with van der Waals surface area (Å²) in [5.74, 6) is 0.284. The summed E-state index contributed by atoms with van der Waals surface area (Å²) in [6, 6.07) is 57.4. The molecule has 0 bridgehead atoms. The normalized spacial score (nSPS) is 15.0. The second-order valence-electron chi connectivity index (χ2n) is 22.7. The lowest BCUT2D eigenvalue weighted by molar-refractivity contribution is 0.590. The van der Waals surface area contributed by atoms with Gasteiger partial charge in [0.25, 0.3) is 0 Å². The molecule has 0 aromatic heterocycles. The first-order valence-electron chi connectivity index (χ1n) is 24.9. The molecule has 0 saturated carbocycles. The van der Waals surface area contributed by atoms with Gasteiger partial charge in [0, 0.05) is 5.92 Å². The lowest BCUT2D eigenvalue weighted by Crippen LogP contribution is -2.17. The minimum atomic E-state index is 0.000844. The van der Waals surface area contributed by atoms with Gasteiger partial charge in [0.15, 0.2) is 0 Å². The lowest BCUT2D eigenvalue weighted by Gasteiger charge is -2.31. The van der Waals surface area contributed by atoms with E-state index in [1.54, 1.807) is 0 Å². The van der Waals surface area contributed by atoms with Crippen molar-refractivity contribution in [3.63, 3.8) is 0 Å². The molecule has 68 heavy (non-hydrogen) atoms. The van der Waals surface area contributed by atoms with Crippen molar-refractivity contribution in [2.75, 3.05) is 0 Å². The van der Waals surface area contributed by atoms with Crippen LogP contribution in [0.15, 0.2) is 146 Å². The van der Waals surface area contributed by atoms with Crippen LogP contribution in [-0.4, -0.2) is 0 Å². The Balaban J connectivity index is 1.15. The van der Waals surface area contributed by atoms with E-state index in [2.05, 4.69) is 207 Å². The summed E-state index contributed by atoms with van der Waals surface area (Å²) in [5, 5.41) is 20.8. The maximum Gasteiger partial charge on any atom is 0.0143 e. The number of hydrogen-bond acceptors (Lipinski definition) is 0. The average Bonchev–Trinajstić information content (AvgIpc) is 3.96. The van der Waals surface area contributed by atoms with Gasteiger partial charge in [-0.15, -0.1) is 0 Å². The second-order valence-corrected chi connectivity index (χ2v) is 22.7. The van der Waals surface area contributed by atoms with Crippen LogP contribution in [0.1, 0.15) is 87.3 Å². The molecule has 1 unspecified atom stereocenters. The number of aryl methyl sites for hydroxylation is 2. The first-order chi connectivity index (χ1) is 32.8. The SMILES string of the molecule is Cc1ccccc1-c1c2cc3c(cc2c(-c2ccccc2C)c2c1c1c4c5c(ccc42)-c2ccc4c6c(ccc(c26)C5CC=1)-c1ccccc1-4)c1cc(C(C)(C)C)cc2cc(C(C)(C)C)cc3c21. The van der Waals surface area contributed by atoms with Gasteiger partial charge in [-0.05, 0) is 225 Å². The minimum Gasteiger partial charge on any atom is -0.0750 e. The molecule has 15 rings (SSSR count). The summed E-state index contributed by atoms with van der Waals surface area (Å²) < 4.78 is 0. The quantitative estimate of drug-likeness (QED) is 0.162. The number of benzene rings is 10. The first kappa shape index (κ1) is 38.8. The summed E-state index contributed by atoms with van der Waals surface area (Å²) in [6.07, 6.45) is 3.62. The van der Waals surface area contributed by atoms with Crippen molar-refractivity contribution >= 4 is 81.5 Å². The Morgan fingerprint density at radius 1 is 0.368 bits per heavy atom. The van der Waals surface area contributed by atoms with E-state index in [1.807, 2.05) is 0 Å². The van der Waals surface area contributed by atoms with E-state index >= 15 is 0 Å². The van der Waals surface area contributed by atoms with Crippen LogP contribution in [0.5, 0.6) is 0 Å². The Kier molecular flexibility index (Phi) is 7.31. The van der Waals surface area contributed by atoms with E-state index in [-0.39, 0.29) is 16.7 Å². The number of fused-ring (bicyclic) bond motifs is 12. The van der Waals surface area contributed by atoms with Crippen molar-refractivity contribution < 1.29 is 0 Å². The van der Waals surface area contributed by atoms with Crippen LogP contribution in [0.2, 0.25) is 0 Å². The number of hydrogen-bond donors (Lipinski definition) is 0. The smallest absolute Gasteiger partial charge is 0.0143 e. The van der Waals surface area contributed by atoms with E-state index in [0.29, 0.717) is 0 Å². The zero-order chi connectivity index (χ0) is 45.9. The highest BCUT2D eigenvalue weighted by Crippen LogP contribution is 2.59. The van der Waals surface area contributed by atoms with Crippen molar-refractivity contribution in [3.8, 4) is 55.6 Å². The van der Waals surface area contributed by atoms with Gasteiger partial charge in [0.1, 0.15) is 0 Å². The summed E-state index contributed by atoms with van der Waals surface area (Å²) in [6.45, 7) is 18.8. The molecular formula is C68H52. The summed E-state index contributed by atoms with van der Waals surface area (Å²) in [5.41, 5.74) is 22.0. The molecule has 3 aliphatic rings. The van der Waals surface area contributed by atoms with Crippen LogP contribution >= 0.6 is 0 Å². The summed E-state index contributed by atoms with van der Waals surface area (Å²) in [7, 11) is 0. The fourth-order valence-corrected chi connectivity index (χ4v) is 13.7. The summed E-state index contributed by atoms with van der Waals surface area (Å²) >= 11 is 0. The first-order valence-corrected chi connectivity index (χ1v) is 24.9. The van der Waals surface area contributed by atoms with E-state index in [4.69, 9.17) is 0 Å². The molecular weight excluding hydrogens is 817 g/mol. The maximum absolute atomic E-state index is 2.65. The molecule has 0 N–H and O–H groups in total. The van der Waals surface area contributed by atoms with Crippen LogP contribution in [0.3, 0.4) is 0 Å². The molecule has 1 atom stereocenters. The average molecular weight is 869 g/mol. The van der Waals surface area contributed by atoms with Gasteiger partial charge < -0.3 is 0 Å². The maximum atomic E-state index is 2.65. The molecule has 12 aromatic rings. The molecule has 324 valence electrons. The van der Waals surface area contributed by atoms with Crippen molar-refractivity contribution in [3.05, 3.63) is 184 Å². The zero-order valence-electron chi connectivity index (χ0n) is 40.2. The zero-order valence-corrected chi connectivity index (χ0v) is 40.2. The monoisotopic (exact) mass is 868 g/mol. The van der Waals surface area contributed by atoms with Crippen molar-refractivity contribution in [2.45, 2.75) is 78.6 Å². The van der Waals surface area contributed by atoms with Gasteiger partial charge >= 0.3 is 0 Å². The van der Waals surface area contributed by atoms with Gasteiger partial charge in [0.2, 0.25) is 0 Å². The van der Waals surface area contributed by atoms with E-state index < -0.39 is 0 Å². The highest BCUT2D eigenvalue weighted by Gasteiger charge is 2.36. The Bertz CT molecular complexity index is 4330. The van der Waals surface area contributed by atoms with Gasteiger partial charge in [-0.25, -0.2) is 0 Å². The molecule has 3 aliphatic carbocycles. The van der Waals surface area contributed by atoms with Crippen molar-refractivity contribution in [1.82, 2.24) is 0 Å². The molecule has 12 aromatic carbocycles. The molecule has 0 heteroatoms. The molecule has 0 amide bonds. The third-order valence-corrected chi connectivity index (χ3v) is 17.0. The highest BCUT2D eigenvalue weighted by molar-refractivity contribution is 6.37. The van der Waals surface area contributed by atoms with Gasteiger partial charge in [-0.1, -0.05) is 169 Å². The Morgan fingerprint density at radius 2 is 0.868 bits per heavy atom. The summed E-state index contributed by atoms with van der Waals surface area (Å²) in [4.78, 5) is 0. The van der Waals surface area contributed by atoms with Crippen LogP contribution in [-0.2, 0) is 10.8 Å². The van der Waals surface area contributed by atoms with Crippen molar-refractivity contribution in [1.29, 1.82) is 0 Å². The Labute approximate surface area is 397 Å². The fourth-order valence-electron chi connectivity index (χ4n) is 13.7. The van der Waals surface area contributed by atoms with E-state index in [0.717, 1.165) is 6.42 Å². The molecule has 0 aliphatic heterocycles.